The van der Waals surface area contributed by atoms with Crippen LogP contribution in [0, 0.1) is 5.82 Å². The van der Waals surface area contributed by atoms with Crippen LogP contribution in [0.4, 0.5) is 14.5 Å². The number of hydrogen-bond donors (Lipinski definition) is 1. The number of para-hydroxylation sites is 1. The normalized spacial score (nSPS) is 25.9. The molecule has 1 aliphatic heterocycles. The van der Waals surface area contributed by atoms with Crippen LogP contribution in [0.1, 0.15) is 6.42 Å². The summed E-state index contributed by atoms with van der Waals surface area (Å²) in [6.45, 7) is 0.434. The Labute approximate surface area is 87.7 Å². The molecule has 0 aromatic heterocycles. The molecule has 1 saturated heterocycles. The van der Waals surface area contributed by atoms with Crippen LogP contribution in [-0.2, 0) is 0 Å². The zero-order chi connectivity index (χ0) is 10.9. The number of alkyl halides is 1. The number of hydrogen-bond acceptors (Lipinski definition) is 2. The van der Waals surface area contributed by atoms with Gasteiger partial charge < -0.3 is 10.6 Å². The van der Waals surface area contributed by atoms with E-state index in [0.29, 0.717) is 25.2 Å². The van der Waals surface area contributed by atoms with Crippen LogP contribution in [-0.4, -0.2) is 25.3 Å². The van der Waals surface area contributed by atoms with Crippen LogP contribution in [0.3, 0.4) is 0 Å². The first-order valence-electron chi connectivity index (χ1n) is 4.99. The quantitative estimate of drug-likeness (QED) is 0.808. The summed E-state index contributed by atoms with van der Waals surface area (Å²) in [5, 5.41) is 0. The van der Waals surface area contributed by atoms with Gasteiger partial charge in [-0.25, -0.2) is 8.78 Å². The molecule has 1 atom stereocenters. The molecule has 2 rings (SSSR count). The number of anilines is 1. The first-order chi connectivity index (χ1) is 7.14. The van der Waals surface area contributed by atoms with Crippen LogP contribution in [0.25, 0.3) is 0 Å². The second kappa shape index (κ2) is 3.77. The van der Waals surface area contributed by atoms with Gasteiger partial charge in [-0.15, -0.1) is 0 Å². The van der Waals surface area contributed by atoms with Crippen molar-refractivity contribution in [1.29, 1.82) is 0 Å². The molecule has 1 aliphatic rings. The molecule has 0 radical (unpaired) electrons. The lowest BCUT2D eigenvalue weighted by Crippen LogP contribution is -2.44. The largest absolute Gasteiger partial charge is 0.367 e. The topological polar surface area (TPSA) is 29.3 Å². The monoisotopic (exact) mass is 212 g/mol. The van der Waals surface area contributed by atoms with E-state index in [1.165, 1.54) is 6.07 Å². The van der Waals surface area contributed by atoms with Crippen molar-refractivity contribution in [3.63, 3.8) is 0 Å². The van der Waals surface area contributed by atoms with E-state index in [-0.39, 0.29) is 5.82 Å². The molecule has 0 saturated carbocycles. The van der Waals surface area contributed by atoms with Crippen molar-refractivity contribution in [2.45, 2.75) is 12.0 Å². The highest BCUT2D eigenvalue weighted by molar-refractivity contribution is 5.49. The SMILES string of the molecule is NC1(CF)CCN(c2ccccc2F)C1. The summed E-state index contributed by atoms with van der Waals surface area (Å²) in [6.07, 6.45) is 0.567. The zero-order valence-electron chi connectivity index (χ0n) is 8.42. The summed E-state index contributed by atoms with van der Waals surface area (Å²) in [7, 11) is 0. The van der Waals surface area contributed by atoms with Crippen LogP contribution in [0.15, 0.2) is 24.3 Å². The molecule has 15 heavy (non-hydrogen) atoms. The molecule has 0 aliphatic carbocycles. The van der Waals surface area contributed by atoms with Crippen molar-refractivity contribution < 1.29 is 8.78 Å². The molecule has 1 heterocycles. The zero-order valence-corrected chi connectivity index (χ0v) is 8.42. The van der Waals surface area contributed by atoms with Gasteiger partial charge in [0.25, 0.3) is 0 Å². The van der Waals surface area contributed by atoms with E-state index in [9.17, 15) is 8.78 Å². The molecule has 0 spiro atoms. The lowest BCUT2D eigenvalue weighted by atomic mass is 10.0. The Bertz CT molecular complexity index is 356. The third-order valence-electron chi connectivity index (χ3n) is 2.84. The second-order valence-electron chi connectivity index (χ2n) is 4.12. The maximum Gasteiger partial charge on any atom is 0.146 e. The first kappa shape index (κ1) is 10.4. The number of rotatable bonds is 2. The maximum atomic E-state index is 13.4. The van der Waals surface area contributed by atoms with Gasteiger partial charge in [0.2, 0.25) is 0 Å². The smallest absolute Gasteiger partial charge is 0.146 e. The summed E-state index contributed by atoms with van der Waals surface area (Å²) in [6, 6.07) is 6.50. The fourth-order valence-electron chi connectivity index (χ4n) is 1.92. The Balaban J connectivity index is 2.18. The van der Waals surface area contributed by atoms with Crippen molar-refractivity contribution in [2.24, 2.45) is 5.73 Å². The Kier molecular flexibility index (Phi) is 2.61. The van der Waals surface area contributed by atoms with Crippen molar-refractivity contribution in [1.82, 2.24) is 0 Å². The molecule has 1 aromatic rings. The lowest BCUT2D eigenvalue weighted by molar-refractivity contribution is 0.330. The molecule has 1 fully saturated rings. The molecule has 4 heteroatoms. The maximum absolute atomic E-state index is 13.4. The van der Waals surface area contributed by atoms with Gasteiger partial charge in [-0.05, 0) is 18.6 Å². The van der Waals surface area contributed by atoms with Crippen molar-refractivity contribution >= 4 is 5.69 Å². The number of nitrogens with zero attached hydrogens (tertiary/aromatic N) is 1. The molecule has 1 aromatic carbocycles. The molecule has 2 N–H and O–H groups in total. The van der Waals surface area contributed by atoms with Gasteiger partial charge in [-0.2, -0.15) is 0 Å². The highest BCUT2D eigenvalue weighted by Crippen LogP contribution is 2.27. The third kappa shape index (κ3) is 1.95. The Morgan fingerprint density at radius 3 is 2.73 bits per heavy atom. The highest BCUT2D eigenvalue weighted by atomic mass is 19.1. The minimum Gasteiger partial charge on any atom is -0.367 e. The second-order valence-corrected chi connectivity index (χ2v) is 4.12. The van der Waals surface area contributed by atoms with E-state index < -0.39 is 12.2 Å². The van der Waals surface area contributed by atoms with Crippen molar-refractivity contribution in [3.8, 4) is 0 Å². The average Bonchev–Trinajstić information content (AvgIpc) is 2.63. The summed E-state index contributed by atoms with van der Waals surface area (Å²) in [5.74, 6) is -0.277. The molecular formula is C11H14F2N2. The fourth-order valence-corrected chi connectivity index (χ4v) is 1.92. The number of nitrogens with two attached hydrogens (primary N) is 1. The minimum absolute atomic E-state index is 0.277. The molecule has 0 amide bonds. The standard InChI is InChI=1S/C11H14F2N2/c12-7-11(14)5-6-15(8-11)10-4-2-1-3-9(10)13/h1-4H,5-8,14H2. The van der Waals surface area contributed by atoms with Crippen molar-refractivity contribution in [3.05, 3.63) is 30.1 Å². The van der Waals surface area contributed by atoms with E-state index in [2.05, 4.69) is 0 Å². The van der Waals surface area contributed by atoms with Gasteiger partial charge in [0.1, 0.15) is 12.5 Å². The summed E-state index contributed by atoms with van der Waals surface area (Å²) in [4.78, 5) is 1.80. The molecule has 0 bridgehead atoms. The summed E-state index contributed by atoms with van der Waals surface area (Å²) in [5.41, 5.74) is 5.51. The molecular weight excluding hydrogens is 198 g/mol. The van der Waals surface area contributed by atoms with Crippen LogP contribution >= 0.6 is 0 Å². The van der Waals surface area contributed by atoms with Gasteiger partial charge in [0.05, 0.1) is 11.2 Å². The van der Waals surface area contributed by atoms with Gasteiger partial charge in [0.15, 0.2) is 0 Å². The van der Waals surface area contributed by atoms with E-state index >= 15 is 0 Å². The van der Waals surface area contributed by atoms with Crippen LogP contribution < -0.4 is 10.6 Å². The van der Waals surface area contributed by atoms with Crippen LogP contribution in [0.2, 0.25) is 0 Å². The fraction of sp³-hybridized carbons (Fsp3) is 0.455. The average molecular weight is 212 g/mol. The van der Waals surface area contributed by atoms with Crippen LogP contribution in [0.5, 0.6) is 0 Å². The molecule has 2 nitrogen and oxygen atoms in total. The predicted molar refractivity (Wildman–Crippen MR) is 56.1 cm³/mol. The van der Waals surface area contributed by atoms with E-state index in [4.69, 9.17) is 5.73 Å². The van der Waals surface area contributed by atoms with E-state index in [1.807, 2.05) is 0 Å². The summed E-state index contributed by atoms with van der Waals surface area (Å²) < 4.78 is 26.0. The summed E-state index contributed by atoms with van der Waals surface area (Å²) >= 11 is 0. The Morgan fingerprint density at radius 2 is 2.13 bits per heavy atom. The molecule has 1 unspecified atom stereocenters. The Hall–Kier alpha value is -1.16. The van der Waals surface area contributed by atoms with Gasteiger partial charge in [-0.1, -0.05) is 12.1 Å². The minimum atomic E-state index is -0.803. The van der Waals surface area contributed by atoms with E-state index in [0.717, 1.165) is 0 Å². The van der Waals surface area contributed by atoms with E-state index in [1.54, 1.807) is 23.1 Å². The molecule has 82 valence electrons. The van der Waals surface area contributed by atoms with Gasteiger partial charge >= 0.3 is 0 Å². The van der Waals surface area contributed by atoms with Gasteiger partial charge in [-0.3, -0.25) is 0 Å². The Morgan fingerprint density at radius 1 is 1.40 bits per heavy atom. The third-order valence-corrected chi connectivity index (χ3v) is 2.84. The first-order valence-corrected chi connectivity index (χ1v) is 4.99. The lowest BCUT2D eigenvalue weighted by Gasteiger charge is -2.22. The number of halogens is 2. The highest BCUT2D eigenvalue weighted by Gasteiger charge is 2.35. The number of benzene rings is 1. The predicted octanol–water partition coefficient (Wildman–Crippen LogP) is 1.70. The van der Waals surface area contributed by atoms with Crippen molar-refractivity contribution in [2.75, 3.05) is 24.7 Å². The van der Waals surface area contributed by atoms with Gasteiger partial charge in [0, 0.05) is 13.1 Å².